The van der Waals surface area contributed by atoms with Crippen molar-refractivity contribution in [3.05, 3.63) is 30.6 Å². The number of nitrogens with one attached hydrogen (secondary N) is 2. The number of rotatable bonds is 6. The molecule has 1 fully saturated rings. The van der Waals surface area contributed by atoms with Gasteiger partial charge in [0, 0.05) is 23.2 Å². The maximum absolute atomic E-state index is 11.6. The number of carbonyl (C=O) groups is 1. The number of hydrogen-bond acceptors (Lipinski definition) is 5. The summed E-state index contributed by atoms with van der Waals surface area (Å²) in [5, 5.41) is 22.1. The van der Waals surface area contributed by atoms with Crippen LogP contribution in [0.25, 0.3) is 16.6 Å². The van der Waals surface area contributed by atoms with Crippen LogP contribution in [0.3, 0.4) is 0 Å². The fraction of sp³-hybridized carbons (Fsp3) is 0.421. The van der Waals surface area contributed by atoms with Crippen LogP contribution in [0, 0.1) is 17.2 Å². The molecular formula is C19H23BN4O3. The Hall–Kier alpha value is -2.79. The highest BCUT2D eigenvalue weighted by molar-refractivity contribution is 6.41. The van der Waals surface area contributed by atoms with Crippen molar-refractivity contribution in [2.24, 2.45) is 5.92 Å². The molecule has 0 bridgehead atoms. The molecule has 2 aromatic rings. The number of fused-ring (bicyclic) bond motifs is 1. The van der Waals surface area contributed by atoms with E-state index in [9.17, 15) is 9.82 Å². The largest absolute Gasteiger partial charge is 0.535 e. The van der Waals surface area contributed by atoms with E-state index in [4.69, 9.17) is 9.92 Å². The normalized spacial score (nSPS) is 19.3. The molecule has 2 heterocycles. The molecule has 1 aliphatic rings. The van der Waals surface area contributed by atoms with E-state index in [2.05, 4.69) is 21.9 Å². The number of allylic oxidation sites excluding steroid dienone is 1. The highest BCUT2D eigenvalue weighted by atomic mass is 16.5. The molecule has 1 saturated carbocycles. The molecule has 0 radical (unpaired) electrons. The molecule has 0 spiro atoms. The molecule has 0 atom stereocenters. The molecular weight excluding hydrogens is 343 g/mol. The van der Waals surface area contributed by atoms with Gasteiger partial charge >= 0.3 is 7.12 Å². The van der Waals surface area contributed by atoms with Crippen LogP contribution in [0.5, 0.6) is 5.75 Å². The summed E-state index contributed by atoms with van der Waals surface area (Å²) in [6, 6.07) is 3.91. The maximum atomic E-state index is 11.6. The van der Waals surface area contributed by atoms with Crippen molar-refractivity contribution < 1.29 is 14.5 Å². The first-order valence-corrected chi connectivity index (χ1v) is 9.16. The Kier molecular flexibility index (Phi) is 5.82. The van der Waals surface area contributed by atoms with Crippen molar-refractivity contribution in [1.29, 1.82) is 5.26 Å². The van der Waals surface area contributed by atoms with Gasteiger partial charge in [-0.15, -0.1) is 0 Å². The Labute approximate surface area is 158 Å². The monoisotopic (exact) mass is 366 g/mol. The topological polar surface area (TPSA) is 111 Å². The number of amides is 1. The van der Waals surface area contributed by atoms with E-state index in [0.717, 1.165) is 47.9 Å². The van der Waals surface area contributed by atoms with Gasteiger partial charge < -0.3 is 20.0 Å². The predicted molar refractivity (Wildman–Crippen MR) is 104 cm³/mol. The molecule has 0 aliphatic heterocycles. The van der Waals surface area contributed by atoms with Crippen LogP contribution >= 0.6 is 0 Å². The third-order valence-electron chi connectivity index (χ3n) is 5.00. The molecule has 1 aliphatic carbocycles. The van der Waals surface area contributed by atoms with Crippen LogP contribution < -0.4 is 9.97 Å². The Balaban J connectivity index is 1.76. The summed E-state index contributed by atoms with van der Waals surface area (Å²) in [5.74, 6) is 0.563. The maximum Gasteiger partial charge on any atom is 0.519 e. The molecule has 8 heteroatoms. The van der Waals surface area contributed by atoms with Gasteiger partial charge in [-0.1, -0.05) is 6.58 Å². The molecule has 3 rings (SSSR count). The summed E-state index contributed by atoms with van der Waals surface area (Å²) in [5.41, 5.74) is 2.58. The molecule has 2 aromatic heterocycles. The summed E-state index contributed by atoms with van der Waals surface area (Å²) in [4.78, 5) is 19.0. The predicted octanol–water partition coefficient (Wildman–Crippen LogP) is 2.65. The first-order chi connectivity index (χ1) is 13.0. The Morgan fingerprint density at radius 3 is 2.93 bits per heavy atom. The average molecular weight is 366 g/mol. The minimum atomic E-state index is -0.944. The first kappa shape index (κ1) is 19.0. The second-order valence-corrected chi connectivity index (χ2v) is 6.93. The number of carbonyl (C=O) groups excluding carboxylic acids is 1. The highest BCUT2D eigenvalue weighted by Crippen LogP contribution is 2.40. The van der Waals surface area contributed by atoms with Gasteiger partial charge in [-0.25, -0.2) is 4.98 Å². The van der Waals surface area contributed by atoms with Gasteiger partial charge in [0.1, 0.15) is 17.8 Å². The second kappa shape index (κ2) is 8.27. The van der Waals surface area contributed by atoms with Crippen LogP contribution in [0.2, 0.25) is 6.82 Å². The Morgan fingerprint density at radius 1 is 1.52 bits per heavy atom. The van der Waals surface area contributed by atoms with E-state index in [-0.39, 0.29) is 24.3 Å². The zero-order valence-corrected chi connectivity index (χ0v) is 15.4. The number of nitriles is 1. The third kappa shape index (κ3) is 4.31. The summed E-state index contributed by atoms with van der Waals surface area (Å²) in [6.07, 6.45) is 6.79. The van der Waals surface area contributed by atoms with E-state index < -0.39 is 7.12 Å². The fourth-order valence-corrected chi connectivity index (χ4v) is 3.73. The van der Waals surface area contributed by atoms with Gasteiger partial charge in [-0.05, 0) is 50.1 Å². The number of aromatic amines is 1. The molecule has 140 valence electrons. The molecule has 7 nitrogen and oxygen atoms in total. The summed E-state index contributed by atoms with van der Waals surface area (Å²) >= 11 is 0. The zero-order chi connectivity index (χ0) is 19.4. The van der Waals surface area contributed by atoms with Crippen molar-refractivity contribution >= 4 is 29.6 Å². The van der Waals surface area contributed by atoms with Gasteiger partial charge in [0.25, 0.3) is 0 Å². The first-order valence-electron chi connectivity index (χ1n) is 9.16. The van der Waals surface area contributed by atoms with Gasteiger partial charge in [0.2, 0.25) is 5.91 Å². The SMILES string of the molecule is C=C(c1c(OB(C)O)cnc2[nH]ccc12)[C@H]1CC[C@H](NC(=O)CC#N)CC1. The standard InChI is InChI=1S/C19H23BN4O3/c1-12(13-3-5-14(6-4-13)24-17(25)7-9-21)18-15-8-10-22-19(15)23-11-16(18)27-20(2)26/h8,10-11,13-14,26H,1,3-7H2,2H3,(H,22,23)(H,24,25)/t13-,14-. The minimum Gasteiger partial charge on any atom is -0.535 e. The smallest absolute Gasteiger partial charge is 0.519 e. The van der Waals surface area contributed by atoms with E-state index >= 15 is 0 Å². The molecule has 3 N–H and O–H groups in total. The van der Waals surface area contributed by atoms with Gasteiger partial charge in [-0.3, -0.25) is 4.79 Å². The fourth-order valence-electron chi connectivity index (χ4n) is 3.73. The molecule has 0 unspecified atom stereocenters. The Bertz CT molecular complexity index is 879. The van der Waals surface area contributed by atoms with Gasteiger partial charge in [0.15, 0.2) is 0 Å². The number of pyridine rings is 1. The van der Waals surface area contributed by atoms with Crippen LogP contribution in [-0.2, 0) is 4.79 Å². The van der Waals surface area contributed by atoms with Gasteiger partial charge in [0.05, 0.1) is 12.3 Å². The van der Waals surface area contributed by atoms with E-state index in [1.807, 2.05) is 18.3 Å². The molecule has 0 aromatic carbocycles. The summed E-state index contributed by atoms with van der Waals surface area (Å²) in [7, 11) is -0.944. The second-order valence-electron chi connectivity index (χ2n) is 6.93. The number of hydrogen-bond donors (Lipinski definition) is 3. The lowest BCUT2D eigenvalue weighted by Gasteiger charge is -2.31. The van der Waals surface area contributed by atoms with Crippen LogP contribution in [0.4, 0.5) is 0 Å². The third-order valence-corrected chi connectivity index (χ3v) is 5.00. The van der Waals surface area contributed by atoms with E-state index in [1.54, 1.807) is 13.0 Å². The van der Waals surface area contributed by atoms with Crippen molar-refractivity contribution in [3.8, 4) is 11.8 Å². The molecule has 0 saturated heterocycles. The number of nitrogens with zero attached hydrogens (tertiary/aromatic N) is 2. The lowest BCUT2D eigenvalue weighted by Crippen LogP contribution is -2.37. The average Bonchev–Trinajstić information content (AvgIpc) is 3.10. The Morgan fingerprint density at radius 2 is 2.26 bits per heavy atom. The lowest BCUT2D eigenvalue weighted by atomic mass is 9.79. The van der Waals surface area contributed by atoms with E-state index in [0.29, 0.717) is 5.75 Å². The quantitative estimate of drug-likeness (QED) is 0.681. The van der Waals surface area contributed by atoms with Crippen molar-refractivity contribution in [3.63, 3.8) is 0 Å². The minimum absolute atomic E-state index is 0.102. The van der Waals surface area contributed by atoms with Crippen LogP contribution in [0.1, 0.15) is 37.7 Å². The number of H-pyrrole nitrogens is 1. The highest BCUT2D eigenvalue weighted by Gasteiger charge is 2.27. The van der Waals surface area contributed by atoms with Crippen molar-refractivity contribution in [2.75, 3.05) is 0 Å². The van der Waals surface area contributed by atoms with Crippen LogP contribution in [-0.4, -0.2) is 34.1 Å². The summed E-state index contributed by atoms with van der Waals surface area (Å²) in [6.45, 7) is 5.89. The van der Waals surface area contributed by atoms with Crippen molar-refractivity contribution in [1.82, 2.24) is 15.3 Å². The van der Waals surface area contributed by atoms with E-state index in [1.165, 1.54) is 0 Å². The molecule has 27 heavy (non-hydrogen) atoms. The zero-order valence-electron chi connectivity index (χ0n) is 15.4. The van der Waals surface area contributed by atoms with Gasteiger partial charge in [-0.2, -0.15) is 5.26 Å². The number of aromatic nitrogens is 2. The summed E-state index contributed by atoms with van der Waals surface area (Å²) < 4.78 is 5.57. The van der Waals surface area contributed by atoms with Crippen LogP contribution in [0.15, 0.2) is 25.0 Å². The lowest BCUT2D eigenvalue weighted by molar-refractivity contribution is -0.121. The van der Waals surface area contributed by atoms with Crippen molar-refractivity contribution in [2.45, 2.75) is 45.0 Å². The molecule has 1 amide bonds.